The summed E-state index contributed by atoms with van der Waals surface area (Å²) in [6, 6.07) is 0. The quantitative estimate of drug-likeness (QED) is 0.740. The Hall–Kier alpha value is -0.743. The lowest BCUT2D eigenvalue weighted by molar-refractivity contribution is -0.114. The van der Waals surface area contributed by atoms with Crippen LogP contribution in [0.1, 0.15) is 33.6 Å². The smallest absolute Gasteiger partial charge is 0.192 e. The van der Waals surface area contributed by atoms with Crippen molar-refractivity contribution in [2.45, 2.75) is 51.7 Å². The van der Waals surface area contributed by atoms with E-state index in [0.717, 1.165) is 24.1 Å². The van der Waals surface area contributed by atoms with Crippen molar-refractivity contribution in [3.63, 3.8) is 0 Å². The van der Waals surface area contributed by atoms with Gasteiger partial charge < -0.3 is 4.43 Å². The highest BCUT2D eigenvalue weighted by molar-refractivity contribution is 6.74. The van der Waals surface area contributed by atoms with Crippen molar-refractivity contribution >= 4 is 19.8 Å². The van der Waals surface area contributed by atoms with E-state index >= 15 is 0 Å². The standard InChI is InChI=1S/C15H25NO2Si/c1-15(2,3)19(4,5)18-10-12-8-13(11-6-7-11)14(17)9-16-12/h8,11H,6-7,9-10H2,1-5H3. The third-order valence-corrected chi connectivity index (χ3v) is 8.95. The Morgan fingerprint density at radius 3 is 2.53 bits per heavy atom. The second-order valence-electron chi connectivity index (χ2n) is 7.15. The molecule has 2 rings (SSSR count). The molecule has 2 aliphatic rings. The van der Waals surface area contributed by atoms with E-state index in [0.29, 0.717) is 19.1 Å². The van der Waals surface area contributed by atoms with Gasteiger partial charge in [-0.05, 0) is 43.0 Å². The first kappa shape index (κ1) is 14.7. The Morgan fingerprint density at radius 1 is 1.37 bits per heavy atom. The van der Waals surface area contributed by atoms with Gasteiger partial charge in [0.05, 0.1) is 12.3 Å². The highest BCUT2D eigenvalue weighted by Gasteiger charge is 2.37. The number of hydrogen-bond acceptors (Lipinski definition) is 3. The molecule has 0 radical (unpaired) electrons. The van der Waals surface area contributed by atoms with Gasteiger partial charge in [-0.15, -0.1) is 0 Å². The molecule has 0 saturated heterocycles. The number of aliphatic imine (C=N–C) groups is 1. The lowest BCUT2D eigenvalue weighted by Gasteiger charge is -2.36. The van der Waals surface area contributed by atoms with E-state index in [2.05, 4.69) is 38.9 Å². The van der Waals surface area contributed by atoms with Crippen LogP contribution in [-0.2, 0) is 9.22 Å². The molecule has 1 fully saturated rings. The fraction of sp³-hybridized carbons (Fsp3) is 0.733. The van der Waals surface area contributed by atoms with Crippen LogP contribution in [0.15, 0.2) is 16.6 Å². The van der Waals surface area contributed by atoms with Gasteiger partial charge in [-0.25, -0.2) is 0 Å². The van der Waals surface area contributed by atoms with E-state index in [1.165, 1.54) is 0 Å². The number of hydrogen-bond donors (Lipinski definition) is 0. The van der Waals surface area contributed by atoms with Crippen molar-refractivity contribution in [1.29, 1.82) is 0 Å². The fourth-order valence-electron chi connectivity index (χ4n) is 1.87. The van der Waals surface area contributed by atoms with Crippen LogP contribution in [0.25, 0.3) is 0 Å². The number of dihydropyridines is 1. The van der Waals surface area contributed by atoms with Gasteiger partial charge in [-0.2, -0.15) is 0 Å². The van der Waals surface area contributed by atoms with E-state index < -0.39 is 8.32 Å². The summed E-state index contributed by atoms with van der Waals surface area (Å²) in [5.74, 6) is 0.712. The molecule has 19 heavy (non-hydrogen) atoms. The molecule has 0 unspecified atom stereocenters. The molecule has 1 aliphatic heterocycles. The minimum atomic E-state index is -1.73. The maximum absolute atomic E-state index is 11.8. The Balaban J connectivity index is 1.99. The summed E-state index contributed by atoms with van der Waals surface area (Å²) in [4.78, 5) is 16.1. The molecular weight excluding hydrogens is 254 g/mol. The maximum atomic E-state index is 11.8. The minimum absolute atomic E-state index is 0.207. The number of ketones is 1. The van der Waals surface area contributed by atoms with Crippen LogP contribution in [0, 0.1) is 5.92 Å². The zero-order chi connectivity index (χ0) is 14.3. The minimum Gasteiger partial charge on any atom is -0.411 e. The van der Waals surface area contributed by atoms with E-state index in [-0.39, 0.29) is 10.8 Å². The van der Waals surface area contributed by atoms with E-state index in [4.69, 9.17) is 4.43 Å². The van der Waals surface area contributed by atoms with Crippen LogP contribution in [0.3, 0.4) is 0 Å². The monoisotopic (exact) mass is 279 g/mol. The summed E-state index contributed by atoms with van der Waals surface area (Å²) < 4.78 is 6.17. The van der Waals surface area contributed by atoms with Crippen LogP contribution >= 0.6 is 0 Å². The topological polar surface area (TPSA) is 38.7 Å². The predicted molar refractivity (Wildman–Crippen MR) is 81.3 cm³/mol. The molecule has 0 aromatic rings. The van der Waals surface area contributed by atoms with Crippen molar-refractivity contribution in [2.24, 2.45) is 10.9 Å². The molecule has 0 atom stereocenters. The van der Waals surface area contributed by atoms with Crippen LogP contribution in [0.5, 0.6) is 0 Å². The summed E-state index contributed by atoms with van der Waals surface area (Å²) in [6.07, 6.45) is 4.30. The summed E-state index contributed by atoms with van der Waals surface area (Å²) in [7, 11) is -1.73. The Kier molecular flexibility index (Phi) is 3.84. The fourth-order valence-corrected chi connectivity index (χ4v) is 2.81. The third kappa shape index (κ3) is 3.42. The number of carbonyl (C=O) groups excluding carboxylic acids is 1. The Labute approximate surface area is 117 Å². The summed E-state index contributed by atoms with van der Waals surface area (Å²) in [5.41, 5.74) is 1.94. The van der Waals surface area contributed by atoms with Gasteiger partial charge in [0.1, 0.15) is 6.54 Å². The number of Topliss-reactive ketones (excluding diaryl/α,β-unsaturated/α-hetero) is 1. The zero-order valence-electron chi connectivity index (χ0n) is 12.7. The Morgan fingerprint density at radius 2 is 2.00 bits per heavy atom. The van der Waals surface area contributed by atoms with Crippen LogP contribution in [0.4, 0.5) is 0 Å². The molecule has 3 nitrogen and oxygen atoms in total. The molecule has 0 aromatic carbocycles. The van der Waals surface area contributed by atoms with Gasteiger partial charge in [0.15, 0.2) is 14.1 Å². The average molecular weight is 279 g/mol. The molecular formula is C15H25NO2Si. The molecule has 4 heteroatoms. The van der Waals surface area contributed by atoms with E-state index in [9.17, 15) is 4.79 Å². The second-order valence-corrected chi connectivity index (χ2v) is 12.0. The lowest BCUT2D eigenvalue weighted by Crippen LogP contribution is -2.42. The lowest BCUT2D eigenvalue weighted by atomic mass is 10.0. The van der Waals surface area contributed by atoms with Gasteiger partial charge in [0, 0.05) is 5.57 Å². The summed E-state index contributed by atoms with van der Waals surface area (Å²) in [6.45, 7) is 12.1. The first-order valence-corrected chi connectivity index (χ1v) is 10.0. The van der Waals surface area contributed by atoms with Crippen molar-refractivity contribution in [3.8, 4) is 0 Å². The van der Waals surface area contributed by atoms with Gasteiger partial charge in [0.2, 0.25) is 0 Å². The van der Waals surface area contributed by atoms with Crippen molar-refractivity contribution in [1.82, 2.24) is 0 Å². The second kappa shape index (κ2) is 4.98. The van der Waals surface area contributed by atoms with Crippen LogP contribution in [-0.4, -0.2) is 33.0 Å². The molecule has 1 heterocycles. The first-order chi connectivity index (χ1) is 8.71. The average Bonchev–Trinajstić information content (AvgIpc) is 3.10. The molecule has 0 spiro atoms. The SMILES string of the molecule is CC(C)(C)[Si](C)(C)OCC1=NCC(=O)C(C2CC2)=C1. The van der Waals surface area contributed by atoms with Crippen molar-refractivity contribution < 1.29 is 9.22 Å². The normalized spacial score (nSPS) is 21.2. The molecule has 0 bridgehead atoms. The van der Waals surface area contributed by atoms with E-state index in [1.807, 2.05) is 6.08 Å². The molecule has 0 amide bonds. The van der Waals surface area contributed by atoms with Crippen LogP contribution in [0.2, 0.25) is 18.1 Å². The highest BCUT2D eigenvalue weighted by atomic mass is 28.4. The predicted octanol–water partition coefficient (Wildman–Crippen LogP) is 3.37. The first-order valence-electron chi connectivity index (χ1n) is 7.13. The van der Waals surface area contributed by atoms with Gasteiger partial charge in [0.25, 0.3) is 0 Å². The molecule has 106 valence electrons. The zero-order valence-corrected chi connectivity index (χ0v) is 13.7. The summed E-state index contributed by atoms with van der Waals surface area (Å²) in [5, 5.41) is 0.209. The molecule has 1 saturated carbocycles. The van der Waals surface area contributed by atoms with Gasteiger partial charge >= 0.3 is 0 Å². The van der Waals surface area contributed by atoms with Crippen molar-refractivity contribution in [3.05, 3.63) is 11.6 Å². The molecule has 1 aliphatic carbocycles. The maximum Gasteiger partial charge on any atom is 0.192 e. The molecule has 0 N–H and O–H groups in total. The molecule has 0 aromatic heterocycles. The van der Waals surface area contributed by atoms with Gasteiger partial charge in [-0.1, -0.05) is 20.8 Å². The largest absolute Gasteiger partial charge is 0.411 e. The van der Waals surface area contributed by atoms with E-state index in [1.54, 1.807) is 0 Å². The number of carbonyl (C=O) groups is 1. The number of rotatable bonds is 4. The number of nitrogens with zero attached hydrogens (tertiary/aromatic N) is 1. The van der Waals surface area contributed by atoms with Crippen molar-refractivity contribution in [2.75, 3.05) is 13.2 Å². The van der Waals surface area contributed by atoms with Gasteiger partial charge in [-0.3, -0.25) is 9.79 Å². The third-order valence-electron chi connectivity index (χ3n) is 4.47. The Bertz CT molecular complexity index is 440. The highest BCUT2D eigenvalue weighted by Crippen LogP contribution is 2.38. The summed E-state index contributed by atoms with van der Waals surface area (Å²) >= 11 is 0. The van der Waals surface area contributed by atoms with Crippen LogP contribution < -0.4 is 0 Å².